The molecule has 8 heteroatoms. The molecule has 1 heterocycles. The largest absolute Gasteiger partial charge is 0.331 e. The minimum Gasteiger partial charge on any atom is -0.331 e. The van der Waals surface area contributed by atoms with Crippen molar-refractivity contribution in [1.29, 1.82) is 0 Å². The maximum absolute atomic E-state index is 12.1. The monoisotopic (exact) mass is 367 g/mol. The van der Waals surface area contributed by atoms with Crippen molar-refractivity contribution in [3.63, 3.8) is 0 Å². The van der Waals surface area contributed by atoms with Gasteiger partial charge in [0, 0.05) is 11.4 Å². The molecule has 0 aliphatic rings. The van der Waals surface area contributed by atoms with Gasteiger partial charge in [-0.1, -0.05) is 47.7 Å². The second-order valence-electron chi connectivity index (χ2n) is 5.44. The van der Waals surface area contributed by atoms with Gasteiger partial charge in [-0.05, 0) is 30.7 Å². The number of aromatic nitrogens is 2. The first kappa shape index (κ1) is 17.6. The number of rotatable bonds is 5. The van der Waals surface area contributed by atoms with Crippen molar-refractivity contribution in [3.8, 4) is 0 Å². The molecule has 0 radical (unpaired) electrons. The molecule has 26 heavy (non-hydrogen) atoms. The molecule has 0 saturated heterocycles. The van der Waals surface area contributed by atoms with E-state index in [9.17, 15) is 9.59 Å². The fraction of sp³-hybridized carbons (Fsp3) is 0.111. The summed E-state index contributed by atoms with van der Waals surface area (Å²) in [4.78, 5) is 24.1. The Kier molecular flexibility index (Phi) is 5.55. The molecule has 3 aromatic rings. The summed E-state index contributed by atoms with van der Waals surface area (Å²) in [6, 6.07) is 16.3. The summed E-state index contributed by atoms with van der Waals surface area (Å²) in [6.07, 6.45) is 0. The van der Waals surface area contributed by atoms with Gasteiger partial charge in [0.1, 0.15) is 5.01 Å². The molecule has 1 aromatic heterocycles. The van der Waals surface area contributed by atoms with Gasteiger partial charge >= 0.3 is 6.03 Å². The molecule has 0 aliphatic carbocycles. The molecule has 0 atom stereocenters. The van der Waals surface area contributed by atoms with Crippen LogP contribution in [0.25, 0.3) is 0 Å². The molecule has 0 fully saturated rings. The van der Waals surface area contributed by atoms with E-state index < -0.39 is 0 Å². The van der Waals surface area contributed by atoms with Gasteiger partial charge in [0.25, 0.3) is 5.91 Å². The second kappa shape index (κ2) is 8.21. The third-order valence-electron chi connectivity index (χ3n) is 3.49. The Morgan fingerprint density at radius 3 is 2.46 bits per heavy atom. The van der Waals surface area contributed by atoms with E-state index in [-0.39, 0.29) is 23.5 Å². The Morgan fingerprint density at radius 1 is 0.962 bits per heavy atom. The highest BCUT2D eigenvalue weighted by Gasteiger charge is 2.13. The molecule has 3 rings (SSSR count). The normalized spacial score (nSPS) is 10.2. The zero-order valence-electron chi connectivity index (χ0n) is 14.0. The number of hydrogen-bond acceptors (Lipinski definition) is 5. The van der Waals surface area contributed by atoms with Gasteiger partial charge in [-0.15, -0.1) is 10.2 Å². The Bertz CT molecular complexity index is 911. The molecule has 0 bridgehead atoms. The maximum Gasteiger partial charge on any atom is 0.319 e. The number of urea groups is 1. The van der Waals surface area contributed by atoms with Crippen LogP contribution in [0, 0.1) is 6.92 Å². The van der Waals surface area contributed by atoms with Crippen molar-refractivity contribution in [1.82, 2.24) is 15.5 Å². The maximum atomic E-state index is 12.1. The molecule has 2 aromatic carbocycles. The highest BCUT2D eigenvalue weighted by Crippen LogP contribution is 2.14. The number of aryl methyl sites for hydroxylation is 1. The number of benzene rings is 2. The van der Waals surface area contributed by atoms with Crippen LogP contribution in [0.15, 0.2) is 54.6 Å². The van der Waals surface area contributed by atoms with Crippen molar-refractivity contribution >= 4 is 34.6 Å². The van der Waals surface area contributed by atoms with Gasteiger partial charge in [-0.3, -0.25) is 4.79 Å². The van der Waals surface area contributed by atoms with Gasteiger partial charge in [0.15, 0.2) is 0 Å². The molecule has 0 unspecified atom stereocenters. The Labute approximate surface area is 154 Å². The molecular weight excluding hydrogens is 350 g/mol. The number of carbonyl (C=O) groups is 2. The molecule has 3 N–H and O–H groups in total. The standard InChI is InChI=1S/C18H17N5O2S/c1-12-7-5-6-10-14(12)21-18(25)19-11-15-22-23-17(26-15)16(24)20-13-8-3-2-4-9-13/h2-10H,11H2,1H3,(H,20,24)(H2,19,21,25). The molecule has 0 aliphatic heterocycles. The Hall–Kier alpha value is -3.26. The highest BCUT2D eigenvalue weighted by atomic mass is 32.1. The first-order valence-corrected chi connectivity index (χ1v) is 8.73. The van der Waals surface area contributed by atoms with E-state index in [1.54, 1.807) is 12.1 Å². The smallest absolute Gasteiger partial charge is 0.319 e. The van der Waals surface area contributed by atoms with Crippen LogP contribution in [0.5, 0.6) is 0 Å². The van der Waals surface area contributed by atoms with E-state index >= 15 is 0 Å². The van der Waals surface area contributed by atoms with E-state index in [4.69, 9.17) is 0 Å². The lowest BCUT2D eigenvalue weighted by Gasteiger charge is -2.08. The van der Waals surface area contributed by atoms with Crippen LogP contribution >= 0.6 is 11.3 Å². The third kappa shape index (κ3) is 4.64. The molecular formula is C18H17N5O2S. The average Bonchev–Trinajstić information content (AvgIpc) is 3.12. The van der Waals surface area contributed by atoms with Gasteiger partial charge in [0.2, 0.25) is 5.01 Å². The third-order valence-corrected chi connectivity index (χ3v) is 4.41. The summed E-state index contributed by atoms with van der Waals surface area (Å²) < 4.78 is 0. The van der Waals surface area contributed by atoms with Gasteiger partial charge in [-0.2, -0.15) is 0 Å². The first-order valence-electron chi connectivity index (χ1n) is 7.91. The quantitative estimate of drug-likeness (QED) is 0.644. The van der Waals surface area contributed by atoms with Gasteiger partial charge in [-0.25, -0.2) is 4.79 Å². The lowest BCUT2D eigenvalue weighted by Crippen LogP contribution is -2.28. The lowest BCUT2D eigenvalue weighted by atomic mass is 10.2. The van der Waals surface area contributed by atoms with Crippen LogP contribution in [-0.4, -0.2) is 22.1 Å². The number of amides is 3. The predicted octanol–water partition coefficient (Wildman–Crippen LogP) is 3.42. The number of nitrogens with zero attached hydrogens (tertiary/aromatic N) is 2. The zero-order chi connectivity index (χ0) is 18.4. The summed E-state index contributed by atoms with van der Waals surface area (Å²) in [5.74, 6) is -0.329. The van der Waals surface area contributed by atoms with E-state index in [0.29, 0.717) is 10.7 Å². The number of para-hydroxylation sites is 2. The van der Waals surface area contributed by atoms with Crippen LogP contribution in [0.4, 0.5) is 16.2 Å². The van der Waals surface area contributed by atoms with Crippen molar-refractivity contribution in [2.75, 3.05) is 10.6 Å². The van der Waals surface area contributed by atoms with Crippen LogP contribution in [0.2, 0.25) is 0 Å². The van der Waals surface area contributed by atoms with E-state index in [1.807, 2.05) is 49.4 Å². The Balaban J connectivity index is 1.53. The van der Waals surface area contributed by atoms with Crippen molar-refractivity contribution < 1.29 is 9.59 Å². The number of carbonyl (C=O) groups excluding carboxylic acids is 2. The van der Waals surface area contributed by atoms with Crippen LogP contribution in [-0.2, 0) is 6.54 Å². The predicted molar refractivity (Wildman–Crippen MR) is 101 cm³/mol. The lowest BCUT2D eigenvalue weighted by molar-refractivity contribution is 0.102. The topological polar surface area (TPSA) is 96.0 Å². The van der Waals surface area contributed by atoms with E-state index in [1.165, 1.54) is 0 Å². The molecule has 132 valence electrons. The molecule has 0 saturated carbocycles. The minimum absolute atomic E-state index is 0.188. The molecule has 3 amide bonds. The highest BCUT2D eigenvalue weighted by molar-refractivity contribution is 7.13. The zero-order valence-corrected chi connectivity index (χ0v) is 14.8. The van der Waals surface area contributed by atoms with E-state index in [2.05, 4.69) is 26.1 Å². The van der Waals surface area contributed by atoms with Crippen LogP contribution in [0.1, 0.15) is 20.4 Å². The van der Waals surface area contributed by atoms with E-state index in [0.717, 1.165) is 22.6 Å². The van der Waals surface area contributed by atoms with Crippen LogP contribution in [0.3, 0.4) is 0 Å². The summed E-state index contributed by atoms with van der Waals surface area (Å²) in [5.41, 5.74) is 2.40. The molecule has 7 nitrogen and oxygen atoms in total. The van der Waals surface area contributed by atoms with Crippen molar-refractivity contribution in [2.45, 2.75) is 13.5 Å². The Morgan fingerprint density at radius 2 is 1.69 bits per heavy atom. The van der Waals surface area contributed by atoms with Crippen molar-refractivity contribution in [2.24, 2.45) is 0 Å². The summed E-state index contributed by atoms with van der Waals surface area (Å²) in [5, 5.41) is 16.8. The average molecular weight is 367 g/mol. The fourth-order valence-corrected chi connectivity index (χ4v) is 2.83. The number of nitrogens with one attached hydrogen (secondary N) is 3. The van der Waals surface area contributed by atoms with Gasteiger partial charge in [0.05, 0.1) is 6.54 Å². The summed E-state index contributed by atoms with van der Waals surface area (Å²) >= 11 is 1.13. The molecule has 0 spiro atoms. The minimum atomic E-state index is -0.343. The van der Waals surface area contributed by atoms with Crippen molar-refractivity contribution in [3.05, 3.63) is 70.2 Å². The fourth-order valence-electron chi connectivity index (χ4n) is 2.16. The number of hydrogen-bond donors (Lipinski definition) is 3. The van der Waals surface area contributed by atoms with Gasteiger partial charge < -0.3 is 16.0 Å². The van der Waals surface area contributed by atoms with Crippen LogP contribution < -0.4 is 16.0 Å². The first-order chi connectivity index (χ1) is 12.6. The second-order valence-corrected chi connectivity index (χ2v) is 6.51. The summed E-state index contributed by atoms with van der Waals surface area (Å²) in [7, 11) is 0. The SMILES string of the molecule is Cc1ccccc1NC(=O)NCc1nnc(C(=O)Nc2ccccc2)s1. The number of anilines is 2. The summed E-state index contributed by atoms with van der Waals surface area (Å²) in [6.45, 7) is 2.10.